The second-order valence-corrected chi connectivity index (χ2v) is 4.45. The molecule has 1 heterocycles. The Morgan fingerprint density at radius 3 is 2.50 bits per heavy atom. The summed E-state index contributed by atoms with van der Waals surface area (Å²) in [6.45, 7) is 5.92. The highest BCUT2D eigenvalue weighted by Crippen LogP contribution is 2.12. The lowest BCUT2D eigenvalue weighted by Crippen LogP contribution is -2.47. The second kappa shape index (κ2) is 5.51. The summed E-state index contributed by atoms with van der Waals surface area (Å²) in [6, 6.07) is 0.951. The van der Waals surface area contributed by atoms with Crippen LogP contribution in [0, 0.1) is 0 Å². The smallest absolute Gasteiger partial charge is 0.169 e. The van der Waals surface area contributed by atoms with Crippen LogP contribution in [-0.2, 0) is 4.74 Å². The van der Waals surface area contributed by atoms with Crippen molar-refractivity contribution in [2.75, 3.05) is 20.3 Å². The van der Waals surface area contributed by atoms with E-state index in [0.29, 0.717) is 12.1 Å². The summed E-state index contributed by atoms with van der Waals surface area (Å²) < 4.78 is 5.32. The second-order valence-electron chi connectivity index (χ2n) is 4.06. The van der Waals surface area contributed by atoms with Gasteiger partial charge in [0.25, 0.3) is 0 Å². The van der Waals surface area contributed by atoms with Crippen LogP contribution in [0.15, 0.2) is 0 Å². The molecule has 0 aromatic rings. The average Bonchev–Trinajstić information content (AvgIpc) is 2.17. The Balaban J connectivity index is 2.38. The molecule has 0 bridgehead atoms. The molecule has 1 saturated heterocycles. The van der Waals surface area contributed by atoms with Gasteiger partial charge in [-0.15, -0.1) is 0 Å². The monoisotopic (exact) mass is 216 g/mol. The van der Waals surface area contributed by atoms with Gasteiger partial charge in [0, 0.05) is 32.3 Å². The Labute approximate surface area is 91.8 Å². The van der Waals surface area contributed by atoms with Crippen LogP contribution in [0.2, 0.25) is 0 Å². The fourth-order valence-corrected chi connectivity index (χ4v) is 1.97. The Morgan fingerprint density at radius 2 is 2.00 bits per heavy atom. The number of thiocarbonyl (C=S) groups is 1. The van der Waals surface area contributed by atoms with Crippen molar-refractivity contribution in [3.8, 4) is 0 Å². The minimum absolute atomic E-state index is 0.407. The lowest BCUT2D eigenvalue weighted by atomic mass is 10.1. The van der Waals surface area contributed by atoms with Gasteiger partial charge in [-0.05, 0) is 38.9 Å². The lowest BCUT2D eigenvalue weighted by molar-refractivity contribution is 0.0602. The summed E-state index contributed by atoms with van der Waals surface area (Å²) in [5.41, 5.74) is 0. The molecule has 82 valence electrons. The molecular formula is C10H20N2OS. The number of nitrogens with one attached hydrogen (secondary N) is 1. The molecule has 0 saturated carbocycles. The maximum absolute atomic E-state index is 5.32. The minimum atomic E-state index is 0.407. The van der Waals surface area contributed by atoms with Crippen molar-refractivity contribution in [2.24, 2.45) is 0 Å². The topological polar surface area (TPSA) is 24.5 Å². The highest BCUT2D eigenvalue weighted by molar-refractivity contribution is 7.80. The standard InChI is InChI=1S/C10H20N2OS/c1-8(2)11-10(14)12(3)9-4-6-13-7-5-9/h8-9H,4-7H2,1-3H3,(H,11,14). The van der Waals surface area contributed by atoms with Gasteiger partial charge < -0.3 is 15.0 Å². The molecule has 1 aliphatic heterocycles. The first-order valence-corrected chi connectivity index (χ1v) is 5.63. The zero-order valence-corrected chi connectivity index (χ0v) is 10.1. The first-order valence-electron chi connectivity index (χ1n) is 5.22. The molecule has 4 heteroatoms. The van der Waals surface area contributed by atoms with Crippen molar-refractivity contribution in [1.29, 1.82) is 0 Å². The molecule has 1 N–H and O–H groups in total. The molecular weight excluding hydrogens is 196 g/mol. The first-order chi connectivity index (χ1) is 6.61. The zero-order valence-electron chi connectivity index (χ0n) is 9.25. The Hall–Kier alpha value is -0.350. The SMILES string of the molecule is CC(C)NC(=S)N(C)C1CCOCC1. The van der Waals surface area contributed by atoms with Gasteiger partial charge in [-0.1, -0.05) is 0 Å². The van der Waals surface area contributed by atoms with Crippen LogP contribution in [0.1, 0.15) is 26.7 Å². The van der Waals surface area contributed by atoms with E-state index in [-0.39, 0.29) is 0 Å². The summed E-state index contributed by atoms with van der Waals surface area (Å²) in [5.74, 6) is 0. The zero-order chi connectivity index (χ0) is 10.6. The molecule has 0 spiro atoms. The number of ether oxygens (including phenoxy) is 1. The van der Waals surface area contributed by atoms with Gasteiger partial charge in [0.05, 0.1) is 0 Å². The highest BCUT2D eigenvalue weighted by atomic mass is 32.1. The first kappa shape index (κ1) is 11.7. The maximum Gasteiger partial charge on any atom is 0.169 e. The van der Waals surface area contributed by atoms with Crippen molar-refractivity contribution < 1.29 is 4.74 Å². The van der Waals surface area contributed by atoms with Gasteiger partial charge in [0.1, 0.15) is 0 Å². The van der Waals surface area contributed by atoms with Gasteiger partial charge in [-0.2, -0.15) is 0 Å². The van der Waals surface area contributed by atoms with E-state index < -0.39 is 0 Å². The highest BCUT2D eigenvalue weighted by Gasteiger charge is 2.20. The molecule has 0 aromatic heterocycles. The third kappa shape index (κ3) is 3.42. The number of rotatable bonds is 2. The van der Waals surface area contributed by atoms with Crippen molar-refractivity contribution in [2.45, 2.75) is 38.8 Å². The molecule has 1 rings (SSSR count). The van der Waals surface area contributed by atoms with Crippen molar-refractivity contribution in [1.82, 2.24) is 10.2 Å². The predicted molar refractivity (Wildman–Crippen MR) is 62.5 cm³/mol. The summed E-state index contributed by atoms with van der Waals surface area (Å²) in [5, 5.41) is 4.11. The van der Waals surface area contributed by atoms with E-state index >= 15 is 0 Å². The van der Waals surface area contributed by atoms with E-state index in [4.69, 9.17) is 17.0 Å². The van der Waals surface area contributed by atoms with Gasteiger partial charge in [0.2, 0.25) is 0 Å². The lowest BCUT2D eigenvalue weighted by Gasteiger charge is -2.33. The van der Waals surface area contributed by atoms with Crippen molar-refractivity contribution in [3.63, 3.8) is 0 Å². The predicted octanol–water partition coefficient (Wildman–Crippen LogP) is 1.38. The van der Waals surface area contributed by atoms with E-state index in [1.54, 1.807) is 0 Å². The quantitative estimate of drug-likeness (QED) is 0.705. The molecule has 0 atom stereocenters. The van der Waals surface area contributed by atoms with E-state index in [1.165, 1.54) is 0 Å². The van der Waals surface area contributed by atoms with Crippen LogP contribution in [-0.4, -0.2) is 42.4 Å². The third-order valence-corrected chi connectivity index (χ3v) is 2.88. The number of hydrogen-bond acceptors (Lipinski definition) is 2. The van der Waals surface area contributed by atoms with Crippen molar-refractivity contribution >= 4 is 17.3 Å². The van der Waals surface area contributed by atoms with Gasteiger partial charge in [-0.25, -0.2) is 0 Å². The maximum atomic E-state index is 5.32. The van der Waals surface area contributed by atoms with Gasteiger partial charge in [-0.3, -0.25) is 0 Å². The van der Waals surface area contributed by atoms with Gasteiger partial charge in [0.15, 0.2) is 5.11 Å². The summed E-state index contributed by atoms with van der Waals surface area (Å²) in [4.78, 5) is 2.16. The molecule has 0 unspecified atom stereocenters. The Morgan fingerprint density at radius 1 is 1.43 bits per heavy atom. The van der Waals surface area contributed by atoms with Crippen molar-refractivity contribution in [3.05, 3.63) is 0 Å². The van der Waals surface area contributed by atoms with E-state index in [1.807, 2.05) is 0 Å². The molecule has 0 aliphatic carbocycles. The van der Waals surface area contributed by atoms with Crippen LogP contribution in [0.3, 0.4) is 0 Å². The fourth-order valence-electron chi connectivity index (χ4n) is 1.59. The normalized spacial score (nSPS) is 18.3. The van der Waals surface area contributed by atoms with E-state index in [9.17, 15) is 0 Å². The molecule has 0 amide bonds. The molecule has 14 heavy (non-hydrogen) atoms. The molecule has 3 nitrogen and oxygen atoms in total. The van der Waals surface area contributed by atoms with E-state index in [0.717, 1.165) is 31.2 Å². The molecule has 1 aliphatic rings. The third-order valence-electron chi connectivity index (χ3n) is 2.47. The van der Waals surface area contributed by atoms with Crippen LogP contribution in [0.4, 0.5) is 0 Å². The van der Waals surface area contributed by atoms with Crippen LogP contribution >= 0.6 is 12.2 Å². The van der Waals surface area contributed by atoms with E-state index in [2.05, 4.69) is 31.1 Å². The summed E-state index contributed by atoms with van der Waals surface area (Å²) in [6.07, 6.45) is 2.16. The Kier molecular flexibility index (Phi) is 4.62. The van der Waals surface area contributed by atoms with Crippen LogP contribution < -0.4 is 5.32 Å². The minimum Gasteiger partial charge on any atom is -0.381 e. The summed E-state index contributed by atoms with van der Waals surface area (Å²) >= 11 is 5.31. The average molecular weight is 216 g/mol. The van der Waals surface area contributed by atoms with Crippen LogP contribution in [0.25, 0.3) is 0 Å². The molecule has 0 aromatic carbocycles. The fraction of sp³-hybridized carbons (Fsp3) is 0.900. The summed E-state index contributed by atoms with van der Waals surface area (Å²) in [7, 11) is 2.06. The van der Waals surface area contributed by atoms with Crippen LogP contribution in [0.5, 0.6) is 0 Å². The largest absolute Gasteiger partial charge is 0.381 e. The number of nitrogens with zero attached hydrogens (tertiary/aromatic N) is 1. The number of hydrogen-bond donors (Lipinski definition) is 1. The molecule has 0 radical (unpaired) electrons. The molecule has 1 fully saturated rings. The van der Waals surface area contributed by atoms with Gasteiger partial charge >= 0.3 is 0 Å². The Bertz CT molecular complexity index is 191.